The van der Waals surface area contributed by atoms with E-state index in [-0.39, 0.29) is 24.3 Å². The van der Waals surface area contributed by atoms with Crippen LogP contribution in [-0.2, 0) is 22.6 Å². The summed E-state index contributed by atoms with van der Waals surface area (Å²) in [5, 5.41) is 3.80. The Morgan fingerprint density at radius 1 is 1.03 bits per heavy atom. The summed E-state index contributed by atoms with van der Waals surface area (Å²) < 4.78 is 0. The number of amides is 2. The van der Waals surface area contributed by atoms with Crippen LogP contribution in [0.15, 0.2) is 42.5 Å². The van der Waals surface area contributed by atoms with Crippen LogP contribution < -0.4 is 5.32 Å². The molecule has 0 unspecified atom stereocenters. The largest absolute Gasteiger partial charge is 0.352 e. The third-order valence-corrected chi connectivity index (χ3v) is 6.23. The van der Waals surface area contributed by atoms with Crippen molar-refractivity contribution in [2.75, 3.05) is 0 Å². The van der Waals surface area contributed by atoms with Crippen molar-refractivity contribution in [2.24, 2.45) is 0 Å². The van der Waals surface area contributed by atoms with Gasteiger partial charge in [-0.2, -0.15) is 0 Å². The number of halogens is 1. The Labute approximate surface area is 191 Å². The van der Waals surface area contributed by atoms with Crippen molar-refractivity contribution in [2.45, 2.75) is 77.9 Å². The Morgan fingerprint density at radius 3 is 2.35 bits per heavy atom. The molecular weight excluding hydrogens is 408 g/mol. The van der Waals surface area contributed by atoms with Gasteiger partial charge < -0.3 is 10.2 Å². The first-order chi connectivity index (χ1) is 14.8. The van der Waals surface area contributed by atoms with Crippen molar-refractivity contribution in [3.05, 3.63) is 69.7 Å². The van der Waals surface area contributed by atoms with Crippen LogP contribution in [0.25, 0.3) is 0 Å². The highest BCUT2D eigenvalue weighted by atomic mass is 35.5. The zero-order valence-corrected chi connectivity index (χ0v) is 19.5. The predicted octanol–water partition coefficient (Wildman–Crippen LogP) is 5.37. The number of nitrogens with zero attached hydrogens (tertiary/aromatic N) is 1. The van der Waals surface area contributed by atoms with E-state index in [4.69, 9.17) is 11.6 Å². The first-order valence-electron chi connectivity index (χ1n) is 11.2. The monoisotopic (exact) mass is 440 g/mol. The van der Waals surface area contributed by atoms with E-state index in [9.17, 15) is 9.59 Å². The van der Waals surface area contributed by atoms with Crippen molar-refractivity contribution in [3.63, 3.8) is 0 Å². The van der Waals surface area contributed by atoms with Gasteiger partial charge in [0, 0.05) is 17.6 Å². The molecule has 166 valence electrons. The smallest absolute Gasteiger partial charge is 0.242 e. The summed E-state index contributed by atoms with van der Waals surface area (Å²) in [6.07, 6.45) is 5.84. The summed E-state index contributed by atoms with van der Waals surface area (Å²) in [6.45, 7) is 6.24. The fraction of sp³-hybridized carbons (Fsp3) is 0.462. The number of aryl methyl sites for hydroxylation is 2. The van der Waals surface area contributed by atoms with Gasteiger partial charge in [0.15, 0.2) is 0 Å². The predicted molar refractivity (Wildman–Crippen MR) is 126 cm³/mol. The first-order valence-corrected chi connectivity index (χ1v) is 11.6. The molecule has 0 spiro atoms. The van der Waals surface area contributed by atoms with Crippen LogP contribution in [0.4, 0.5) is 0 Å². The molecule has 0 saturated heterocycles. The highest BCUT2D eigenvalue weighted by Gasteiger charge is 2.28. The molecule has 1 aliphatic carbocycles. The molecule has 0 heterocycles. The van der Waals surface area contributed by atoms with Gasteiger partial charge in [0.05, 0.1) is 6.42 Å². The lowest BCUT2D eigenvalue weighted by Gasteiger charge is -2.31. The van der Waals surface area contributed by atoms with Gasteiger partial charge in [-0.15, -0.1) is 0 Å². The van der Waals surface area contributed by atoms with E-state index in [1.165, 1.54) is 6.42 Å². The van der Waals surface area contributed by atoms with Crippen molar-refractivity contribution >= 4 is 23.4 Å². The Morgan fingerprint density at radius 2 is 1.71 bits per heavy atom. The summed E-state index contributed by atoms with van der Waals surface area (Å²) in [7, 11) is 0. The average molecular weight is 441 g/mol. The number of hydrogen-bond acceptors (Lipinski definition) is 2. The zero-order valence-electron chi connectivity index (χ0n) is 18.8. The summed E-state index contributed by atoms with van der Waals surface area (Å²) in [5.74, 6) is -0.140. The average Bonchev–Trinajstić information content (AvgIpc) is 2.71. The second kappa shape index (κ2) is 10.8. The molecule has 1 atom stereocenters. The van der Waals surface area contributed by atoms with E-state index in [0.29, 0.717) is 11.6 Å². The standard InChI is InChI=1S/C26H33ClN2O2/c1-18-12-19(2)14-22(13-18)16-25(30)29(17-21-8-7-9-23(27)15-21)20(3)26(31)28-24-10-5-4-6-11-24/h7-9,12-15,20,24H,4-6,10-11,16-17H2,1-3H3,(H,28,31)/t20-/m1/s1. The molecule has 2 aromatic rings. The Balaban J connectivity index is 1.78. The lowest BCUT2D eigenvalue weighted by molar-refractivity contribution is -0.140. The molecule has 31 heavy (non-hydrogen) atoms. The van der Waals surface area contributed by atoms with Crippen molar-refractivity contribution in [3.8, 4) is 0 Å². The van der Waals surface area contributed by atoms with E-state index >= 15 is 0 Å². The number of rotatable bonds is 7. The fourth-order valence-electron chi connectivity index (χ4n) is 4.43. The highest BCUT2D eigenvalue weighted by Crippen LogP contribution is 2.20. The van der Waals surface area contributed by atoms with E-state index in [1.807, 2.05) is 57.2 Å². The molecule has 0 aliphatic heterocycles. The number of benzene rings is 2. The molecule has 5 heteroatoms. The first kappa shape index (κ1) is 23.3. The van der Waals surface area contributed by atoms with Gasteiger partial charge in [-0.1, -0.05) is 72.3 Å². The molecule has 2 aromatic carbocycles. The zero-order chi connectivity index (χ0) is 22.4. The number of nitrogens with one attached hydrogen (secondary N) is 1. The maximum Gasteiger partial charge on any atom is 0.242 e. The second-order valence-corrected chi connectivity index (χ2v) is 9.28. The Kier molecular flexibility index (Phi) is 8.14. The van der Waals surface area contributed by atoms with Gasteiger partial charge in [-0.25, -0.2) is 0 Å². The van der Waals surface area contributed by atoms with E-state index in [2.05, 4.69) is 11.4 Å². The van der Waals surface area contributed by atoms with Crippen LogP contribution in [0.3, 0.4) is 0 Å². The summed E-state index contributed by atoms with van der Waals surface area (Å²) in [4.78, 5) is 28.1. The summed E-state index contributed by atoms with van der Waals surface area (Å²) >= 11 is 6.16. The number of carbonyl (C=O) groups is 2. The molecule has 1 fully saturated rings. The van der Waals surface area contributed by atoms with Crippen LogP contribution in [0.1, 0.15) is 61.3 Å². The Bertz CT molecular complexity index is 901. The maximum absolute atomic E-state index is 13.4. The quantitative estimate of drug-likeness (QED) is 0.629. The van der Waals surface area contributed by atoms with E-state index < -0.39 is 6.04 Å². The molecule has 0 aromatic heterocycles. The molecule has 2 amide bonds. The van der Waals surface area contributed by atoms with Crippen LogP contribution in [0, 0.1) is 13.8 Å². The van der Waals surface area contributed by atoms with Gasteiger partial charge in [0.2, 0.25) is 11.8 Å². The maximum atomic E-state index is 13.4. The summed E-state index contributed by atoms with van der Waals surface area (Å²) in [5.41, 5.74) is 4.15. The van der Waals surface area contributed by atoms with E-state index in [1.54, 1.807) is 4.90 Å². The highest BCUT2D eigenvalue weighted by molar-refractivity contribution is 6.30. The topological polar surface area (TPSA) is 49.4 Å². The van der Waals surface area contributed by atoms with Crippen LogP contribution >= 0.6 is 11.6 Å². The molecule has 3 rings (SSSR count). The van der Waals surface area contributed by atoms with Gasteiger partial charge in [-0.3, -0.25) is 9.59 Å². The minimum Gasteiger partial charge on any atom is -0.352 e. The van der Waals surface area contributed by atoms with Crippen molar-refractivity contribution < 1.29 is 9.59 Å². The minimum absolute atomic E-state index is 0.0590. The van der Waals surface area contributed by atoms with E-state index in [0.717, 1.165) is 47.9 Å². The molecule has 1 aliphatic rings. The van der Waals surface area contributed by atoms with Gasteiger partial charge in [-0.05, 0) is 56.9 Å². The van der Waals surface area contributed by atoms with Crippen LogP contribution in [0.5, 0.6) is 0 Å². The molecule has 1 N–H and O–H groups in total. The molecule has 0 radical (unpaired) electrons. The van der Waals surface area contributed by atoms with Gasteiger partial charge in [0.1, 0.15) is 6.04 Å². The summed E-state index contributed by atoms with van der Waals surface area (Å²) in [6, 6.07) is 13.3. The Hall–Kier alpha value is -2.33. The second-order valence-electron chi connectivity index (χ2n) is 8.84. The van der Waals surface area contributed by atoms with Gasteiger partial charge in [0.25, 0.3) is 0 Å². The molecule has 0 bridgehead atoms. The minimum atomic E-state index is -0.556. The van der Waals surface area contributed by atoms with Crippen molar-refractivity contribution in [1.29, 1.82) is 0 Å². The normalized spacial score (nSPS) is 15.4. The van der Waals surface area contributed by atoms with Crippen LogP contribution in [0.2, 0.25) is 5.02 Å². The van der Waals surface area contributed by atoms with Crippen LogP contribution in [-0.4, -0.2) is 28.8 Å². The number of hydrogen-bond donors (Lipinski definition) is 1. The van der Waals surface area contributed by atoms with Gasteiger partial charge >= 0.3 is 0 Å². The lowest BCUT2D eigenvalue weighted by atomic mass is 9.95. The number of carbonyl (C=O) groups excluding carboxylic acids is 2. The SMILES string of the molecule is Cc1cc(C)cc(CC(=O)N(Cc2cccc(Cl)c2)[C@H](C)C(=O)NC2CCCCC2)c1. The molecular formula is C26H33ClN2O2. The third-order valence-electron chi connectivity index (χ3n) is 6.00. The lowest BCUT2D eigenvalue weighted by Crippen LogP contribution is -2.50. The molecule has 4 nitrogen and oxygen atoms in total. The van der Waals surface area contributed by atoms with Crippen molar-refractivity contribution in [1.82, 2.24) is 10.2 Å². The fourth-order valence-corrected chi connectivity index (χ4v) is 4.64. The molecule has 1 saturated carbocycles. The third kappa shape index (κ3) is 6.83.